The molecular formula is C5H5N3O5. The van der Waals surface area contributed by atoms with Gasteiger partial charge < -0.3 is 0 Å². The summed E-state index contributed by atoms with van der Waals surface area (Å²) in [6, 6.07) is 5.72. The van der Waals surface area contributed by atoms with Gasteiger partial charge in [0.2, 0.25) is 0 Å². The number of rotatable bonds is 2. The van der Waals surface area contributed by atoms with Crippen LogP contribution in [0.25, 0.3) is 0 Å². The molecule has 0 radical (unpaired) electrons. The Hall–Kier alpha value is -2.25. The van der Waals surface area contributed by atoms with Crippen molar-refractivity contribution in [3.05, 3.63) is 50.8 Å². The smallest absolute Gasteiger partial charge is 0.265 e. The van der Waals surface area contributed by atoms with E-state index in [9.17, 15) is 0 Å². The SMILES string of the molecule is O=[N+]([O-])O[N+](=O)[O-].c1ccncc1. The van der Waals surface area contributed by atoms with Crippen molar-refractivity contribution in [2.75, 3.05) is 0 Å². The summed E-state index contributed by atoms with van der Waals surface area (Å²) in [5.74, 6) is 0. The molecule has 1 aromatic heterocycles. The van der Waals surface area contributed by atoms with Crippen LogP contribution in [0.1, 0.15) is 0 Å². The summed E-state index contributed by atoms with van der Waals surface area (Å²) in [6.07, 6.45) is 3.50. The number of hydrogen-bond donors (Lipinski definition) is 0. The molecule has 1 rings (SSSR count). The van der Waals surface area contributed by atoms with E-state index in [1.54, 1.807) is 12.4 Å². The van der Waals surface area contributed by atoms with Crippen LogP contribution in [0.4, 0.5) is 0 Å². The van der Waals surface area contributed by atoms with Gasteiger partial charge in [0.05, 0.1) is 0 Å². The molecule has 0 aromatic carbocycles. The van der Waals surface area contributed by atoms with Crippen LogP contribution in [0.15, 0.2) is 30.6 Å². The summed E-state index contributed by atoms with van der Waals surface area (Å²) in [7, 11) is 0. The van der Waals surface area contributed by atoms with E-state index in [1.165, 1.54) is 0 Å². The van der Waals surface area contributed by atoms with Crippen LogP contribution < -0.4 is 0 Å². The molecule has 1 heterocycles. The molecule has 0 saturated carbocycles. The molecule has 0 aliphatic rings. The third kappa shape index (κ3) is 9.75. The van der Waals surface area contributed by atoms with Gasteiger partial charge in [0.25, 0.3) is 0 Å². The van der Waals surface area contributed by atoms with Crippen molar-refractivity contribution in [1.82, 2.24) is 4.98 Å². The molecule has 0 fully saturated rings. The Kier molecular flexibility index (Phi) is 5.34. The van der Waals surface area contributed by atoms with E-state index >= 15 is 0 Å². The second-order valence-electron chi connectivity index (χ2n) is 1.55. The number of aromatic nitrogens is 1. The van der Waals surface area contributed by atoms with Crippen molar-refractivity contribution in [3.63, 3.8) is 0 Å². The fraction of sp³-hybridized carbons (Fsp3) is 0. The predicted octanol–water partition coefficient (Wildman–Crippen LogP) is 0.468. The Bertz CT molecular complexity index is 225. The largest absolute Gasteiger partial charge is 0.356 e. The third-order valence-corrected chi connectivity index (χ3v) is 0.700. The Labute approximate surface area is 72.0 Å². The van der Waals surface area contributed by atoms with E-state index in [4.69, 9.17) is 20.2 Å². The third-order valence-electron chi connectivity index (χ3n) is 0.700. The summed E-state index contributed by atoms with van der Waals surface area (Å²) in [5, 5.41) is 14.9. The van der Waals surface area contributed by atoms with Crippen molar-refractivity contribution in [1.29, 1.82) is 0 Å². The average Bonchev–Trinajstić information content (AvgIpc) is 2.06. The van der Waals surface area contributed by atoms with E-state index in [0.717, 1.165) is 0 Å². The Morgan fingerprint density at radius 1 is 1.00 bits per heavy atom. The molecule has 70 valence electrons. The maximum atomic E-state index is 8.95. The van der Waals surface area contributed by atoms with Crippen molar-refractivity contribution >= 4 is 0 Å². The highest BCUT2D eigenvalue weighted by Gasteiger charge is 2.05. The zero-order chi connectivity index (χ0) is 10.1. The normalized spacial score (nSPS) is 7.69. The van der Waals surface area contributed by atoms with Gasteiger partial charge >= 0.3 is 10.2 Å². The van der Waals surface area contributed by atoms with Gasteiger partial charge in [-0.3, -0.25) is 4.98 Å². The van der Waals surface area contributed by atoms with Crippen molar-refractivity contribution in [2.45, 2.75) is 0 Å². The van der Waals surface area contributed by atoms with E-state index in [2.05, 4.69) is 9.92 Å². The molecule has 13 heavy (non-hydrogen) atoms. The Morgan fingerprint density at radius 3 is 1.54 bits per heavy atom. The molecule has 0 amide bonds. The van der Waals surface area contributed by atoms with Crippen LogP contribution in [-0.4, -0.2) is 15.2 Å². The van der Waals surface area contributed by atoms with E-state index in [1.807, 2.05) is 18.2 Å². The van der Waals surface area contributed by atoms with E-state index < -0.39 is 10.2 Å². The number of pyridine rings is 1. The molecule has 0 aliphatic carbocycles. The van der Waals surface area contributed by atoms with Crippen molar-refractivity contribution in [2.24, 2.45) is 0 Å². The first-order valence-corrected chi connectivity index (χ1v) is 2.95. The summed E-state index contributed by atoms with van der Waals surface area (Å²) >= 11 is 0. The maximum Gasteiger partial charge on any atom is 0.356 e. The number of nitrogens with zero attached hydrogens (tertiary/aromatic N) is 3. The van der Waals surface area contributed by atoms with Crippen LogP contribution >= 0.6 is 0 Å². The molecule has 8 heteroatoms. The lowest BCUT2D eigenvalue weighted by Crippen LogP contribution is -2.06. The van der Waals surface area contributed by atoms with Gasteiger partial charge in [-0.15, -0.1) is 20.2 Å². The Morgan fingerprint density at radius 2 is 1.46 bits per heavy atom. The van der Waals surface area contributed by atoms with Crippen LogP contribution in [0.3, 0.4) is 0 Å². The minimum Gasteiger partial charge on any atom is -0.265 e. The van der Waals surface area contributed by atoms with Gasteiger partial charge in [-0.1, -0.05) is 6.07 Å². The molecular weight excluding hydrogens is 182 g/mol. The quantitative estimate of drug-likeness (QED) is 0.491. The molecule has 0 aliphatic heterocycles. The molecule has 8 nitrogen and oxygen atoms in total. The summed E-state index contributed by atoms with van der Waals surface area (Å²) in [5.41, 5.74) is 0. The summed E-state index contributed by atoms with van der Waals surface area (Å²) in [4.78, 5) is 24.4. The first-order chi connectivity index (χ1) is 6.13. The van der Waals surface area contributed by atoms with E-state index in [0.29, 0.717) is 0 Å². The minimum atomic E-state index is -1.50. The molecule has 0 spiro atoms. The highest BCUT2D eigenvalue weighted by atomic mass is 17.1. The lowest BCUT2D eigenvalue weighted by molar-refractivity contribution is -1.03. The van der Waals surface area contributed by atoms with Crippen LogP contribution in [0.5, 0.6) is 0 Å². The lowest BCUT2D eigenvalue weighted by atomic mass is 10.5. The zero-order valence-corrected chi connectivity index (χ0v) is 6.27. The highest BCUT2D eigenvalue weighted by Crippen LogP contribution is 1.73. The van der Waals surface area contributed by atoms with Gasteiger partial charge in [-0.25, -0.2) is 0 Å². The van der Waals surface area contributed by atoms with Crippen LogP contribution in [-0.2, 0) is 4.94 Å². The first kappa shape index (κ1) is 10.8. The van der Waals surface area contributed by atoms with Crippen LogP contribution in [0.2, 0.25) is 0 Å². The zero-order valence-electron chi connectivity index (χ0n) is 6.27. The van der Waals surface area contributed by atoms with Gasteiger partial charge in [0, 0.05) is 17.3 Å². The minimum absolute atomic E-state index is 1.50. The second-order valence-corrected chi connectivity index (χ2v) is 1.55. The Balaban J connectivity index is 0.000000223. The highest BCUT2D eigenvalue weighted by molar-refractivity contribution is 4.88. The lowest BCUT2D eigenvalue weighted by Gasteiger charge is -1.71. The molecule has 0 atom stereocenters. The molecule has 0 saturated heterocycles. The topological polar surface area (TPSA) is 108 Å². The second kappa shape index (κ2) is 6.46. The number of hydrogen-bond acceptors (Lipinski definition) is 6. The molecule has 0 unspecified atom stereocenters. The molecule has 0 N–H and O–H groups in total. The van der Waals surface area contributed by atoms with E-state index in [-0.39, 0.29) is 0 Å². The fourth-order valence-electron chi connectivity index (χ4n) is 0.367. The summed E-state index contributed by atoms with van der Waals surface area (Å²) in [6.45, 7) is 0. The molecule has 1 aromatic rings. The van der Waals surface area contributed by atoms with Gasteiger partial charge in [-0.05, 0) is 12.1 Å². The monoisotopic (exact) mass is 187 g/mol. The van der Waals surface area contributed by atoms with Gasteiger partial charge in [-0.2, -0.15) is 0 Å². The average molecular weight is 187 g/mol. The van der Waals surface area contributed by atoms with Crippen molar-refractivity contribution in [3.8, 4) is 0 Å². The van der Waals surface area contributed by atoms with Gasteiger partial charge in [0.1, 0.15) is 0 Å². The standard InChI is InChI=1S/C5H5N.N2O5/c1-2-4-6-5-3-1;3-1(4)7-2(5)6/h1-5H;. The summed E-state index contributed by atoms with van der Waals surface area (Å²) < 4.78 is 0. The molecule has 0 bridgehead atoms. The van der Waals surface area contributed by atoms with Gasteiger partial charge in [0.15, 0.2) is 0 Å². The van der Waals surface area contributed by atoms with Crippen LogP contribution in [0, 0.1) is 20.2 Å². The maximum absolute atomic E-state index is 8.95. The fourth-order valence-corrected chi connectivity index (χ4v) is 0.367. The first-order valence-electron chi connectivity index (χ1n) is 2.95. The predicted molar refractivity (Wildman–Crippen MR) is 39.3 cm³/mol. The van der Waals surface area contributed by atoms with Crippen molar-refractivity contribution < 1.29 is 15.1 Å².